The van der Waals surface area contributed by atoms with Crippen LogP contribution in [0.2, 0.25) is 0 Å². The van der Waals surface area contributed by atoms with Gasteiger partial charge in [0, 0.05) is 12.6 Å². The Kier molecular flexibility index (Phi) is 8.18. The molecule has 7 nitrogen and oxygen atoms in total. The number of benzene rings is 2. The first-order valence-electron chi connectivity index (χ1n) is 10.6. The minimum absolute atomic E-state index is 0.0434. The number of hydrogen-bond acceptors (Lipinski definition) is 6. The first kappa shape index (κ1) is 24.1. The van der Waals surface area contributed by atoms with Gasteiger partial charge in [0.1, 0.15) is 6.16 Å². The third-order valence-electron chi connectivity index (χ3n) is 5.22. The van der Waals surface area contributed by atoms with Crippen molar-refractivity contribution in [1.82, 2.24) is 5.32 Å². The van der Waals surface area contributed by atoms with Crippen LogP contribution < -0.4 is 10.1 Å². The minimum Gasteiger partial charge on any atom is -0.458 e. The van der Waals surface area contributed by atoms with E-state index < -0.39 is 37.0 Å². The molecular weight excluding hydrogens is 436 g/mol. The third-order valence-corrected chi connectivity index (χ3v) is 6.98. The van der Waals surface area contributed by atoms with E-state index in [9.17, 15) is 23.4 Å². The summed E-state index contributed by atoms with van der Waals surface area (Å²) in [6, 6.07) is 15.3. The molecule has 1 aliphatic rings. The lowest BCUT2D eigenvalue weighted by Gasteiger charge is -2.27. The van der Waals surface area contributed by atoms with Crippen molar-refractivity contribution in [2.24, 2.45) is 0 Å². The van der Waals surface area contributed by atoms with Crippen molar-refractivity contribution in [3.05, 3.63) is 66.0 Å². The zero-order valence-corrected chi connectivity index (χ0v) is 18.6. The van der Waals surface area contributed by atoms with Gasteiger partial charge >= 0.3 is 11.9 Å². The predicted molar refractivity (Wildman–Crippen MR) is 117 cm³/mol. The highest BCUT2D eigenvalue weighted by Crippen LogP contribution is 2.41. The smallest absolute Gasteiger partial charge is 0.374 e. The van der Waals surface area contributed by atoms with E-state index in [0.29, 0.717) is 25.8 Å². The van der Waals surface area contributed by atoms with Crippen LogP contribution in [0.1, 0.15) is 31.2 Å². The molecule has 32 heavy (non-hydrogen) atoms. The number of nitrogens with one attached hydrogen (secondary N) is 1. The van der Waals surface area contributed by atoms with E-state index >= 15 is 0 Å². The average molecular weight is 463 g/mol. The molecule has 172 valence electrons. The highest BCUT2D eigenvalue weighted by atomic mass is 31.2. The summed E-state index contributed by atoms with van der Waals surface area (Å²) in [6.45, 7) is 0.414. The predicted octanol–water partition coefficient (Wildman–Crippen LogP) is 3.65. The van der Waals surface area contributed by atoms with Gasteiger partial charge in [0.15, 0.2) is 11.6 Å². The number of para-hydroxylation sites is 1. The summed E-state index contributed by atoms with van der Waals surface area (Å²) in [6.07, 6.45) is 1.85. The molecule has 0 spiro atoms. The molecule has 1 fully saturated rings. The molecular formula is C23H27FNO6P. The summed E-state index contributed by atoms with van der Waals surface area (Å²) in [4.78, 5) is 35.0. The number of hydrogen-bond donors (Lipinski definition) is 2. The van der Waals surface area contributed by atoms with Crippen LogP contribution in [0.5, 0.6) is 5.75 Å². The van der Waals surface area contributed by atoms with Crippen LogP contribution in [-0.2, 0) is 25.3 Å². The van der Waals surface area contributed by atoms with Crippen molar-refractivity contribution < 1.29 is 32.9 Å². The standard InChI is InChI=1S/C23H27FNO6P/c24-19-12-4-5-13-20(19)31-23(14-8-15-25-23)22(27)30-21(26)17-32(28,29)16-7-6-11-18-9-2-1-3-10-18/h1-5,9-10,12-13,25H,6-8,11,14-17H2,(H,28,29)/t23-/m1/s1. The van der Waals surface area contributed by atoms with Gasteiger partial charge in [-0.2, -0.15) is 0 Å². The summed E-state index contributed by atoms with van der Waals surface area (Å²) < 4.78 is 36.8. The fourth-order valence-electron chi connectivity index (χ4n) is 3.57. The van der Waals surface area contributed by atoms with Gasteiger partial charge in [0.2, 0.25) is 7.37 Å². The molecule has 2 N–H and O–H groups in total. The third kappa shape index (κ3) is 6.73. The van der Waals surface area contributed by atoms with E-state index in [1.807, 2.05) is 30.3 Å². The van der Waals surface area contributed by atoms with Crippen molar-refractivity contribution in [2.75, 3.05) is 18.9 Å². The second-order valence-electron chi connectivity index (χ2n) is 7.82. The summed E-state index contributed by atoms with van der Waals surface area (Å²) in [5.74, 6) is -2.96. The van der Waals surface area contributed by atoms with E-state index in [-0.39, 0.29) is 18.3 Å². The van der Waals surface area contributed by atoms with Gasteiger partial charge in [-0.1, -0.05) is 42.5 Å². The molecule has 1 heterocycles. The molecule has 0 aromatic heterocycles. The van der Waals surface area contributed by atoms with Crippen LogP contribution >= 0.6 is 7.37 Å². The second-order valence-corrected chi connectivity index (χ2v) is 10.3. The Morgan fingerprint density at radius 2 is 1.81 bits per heavy atom. The first-order chi connectivity index (χ1) is 15.3. The van der Waals surface area contributed by atoms with Crippen LogP contribution in [0.4, 0.5) is 4.39 Å². The van der Waals surface area contributed by atoms with Crippen molar-refractivity contribution in [3.63, 3.8) is 0 Å². The number of esters is 2. The lowest BCUT2D eigenvalue weighted by atomic mass is 10.1. The molecule has 0 bridgehead atoms. The van der Waals surface area contributed by atoms with Gasteiger partial charge in [-0.05, 0) is 49.9 Å². The Morgan fingerprint density at radius 1 is 1.09 bits per heavy atom. The zero-order chi connectivity index (χ0) is 23.0. The molecule has 0 amide bonds. The maximum atomic E-state index is 14.0. The van der Waals surface area contributed by atoms with Crippen molar-refractivity contribution in [1.29, 1.82) is 0 Å². The van der Waals surface area contributed by atoms with Crippen molar-refractivity contribution in [2.45, 2.75) is 37.8 Å². The normalized spacial score (nSPS) is 19.8. The molecule has 9 heteroatoms. The highest BCUT2D eigenvalue weighted by Gasteiger charge is 2.47. The first-order valence-corrected chi connectivity index (χ1v) is 12.6. The molecule has 2 aromatic carbocycles. The zero-order valence-electron chi connectivity index (χ0n) is 17.7. The Morgan fingerprint density at radius 3 is 2.50 bits per heavy atom. The van der Waals surface area contributed by atoms with E-state index in [1.165, 1.54) is 18.2 Å². The van der Waals surface area contributed by atoms with Crippen LogP contribution in [0, 0.1) is 5.82 Å². The number of unbranched alkanes of at least 4 members (excludes halogenated alkanes) is 1. The molecule has 1 unspecified atom stereocenters. The molecule has 2 atom stereocenters. The minimum atomic E-state index is -3.80. The van der Waals surface area contributed by atoms with Gasteiger partial charge in [0.05, 0.1) is 0 Å². The van der Waals surface area contributed by atoms with Gasteiger partial charge < -0.3 is 14.4 Å². The average Bonchev–Trinajstić information content (AvgIpc) is 3.23. The van der Waals surface area contributed by atoms with Gasteiger partial charge in [-0.3, -0.25) is 14.7 Å². The second kappa shape index (κ2) is 10.9. The SMILES string of the molecule is O=C(CP(=O)(O)CCCCc1ccccc1)OC(=O)[C@]1(Oc2ccccc2F)CCCN1. The summed E-state index contributed by atoms with van der Waals surface area (Å²) in [5.41, 5.74) is -0.582. The van der Waals surface area contributed by atoms with Gasteiger partial charge in [-0.25, -0.2) is 9.18 Å². The summed E-state index contributed by atoms with van der Waals surface area (Å²) in [5, 5.41) is 2.82. The van der Waals surface area contributed by atoms with Gasteiger partial charge in [-0.15, -0.1) is 0 Å². The lowest BCUT2D eigenvalue weighted by Crippen LogP contribution is -2.54. The Hall–Kier alpha value is -2.54. The largest absolute Gasteiger partial charge is 0.458 e. The Balaban J connectivity index is 1.51. The number of carbonyl (C=O) groups excluding carboxylic acids is 2. The van der Waals surface area contributed by atoms with Crippen molar-refractivity contribution in [3.8, 4) is 5.75 Å². The molecule has 0 saturated carbocycles. The topological polar surface area (TPSA) is 102 Å². The Bertz CT molecular complexity index is 977. The maximum Gasteiger partial charge on any atom is 0.374 e. The highest BCUT2D eigenvalue weighted by molar-refractivity contribution is 7.58. The lowest BCUT2D eigenvalue weighted by molar-refractivity contribution is -0.172. The van der Waals surface area contributed by atoms with E-state index in [4.69, 9.17) is 9.47 Å². The quantitative estimate of drug-likeness (QED) is 0.240. The van der Waals surface area contributed by atoms with Crippen LogP contribution in [0.15, 0.2) is 54.6 Å². The van der Waals surface area contributed by atoms with Crippen LogP contribution in [0.25, 0.3) is 0 Å². The van der Waals surface area contributed by atoms with Gasteiger partial charge in [0.25, 0.3) is 5.72 Å². The molecule has 1 aliphatic heterocycles. The number of aryl methyl sites for hydroxylation is 1. The molecule has 3 rings (SSSR count). The molecule has 1 saturated heterocycles. The number of ether oxygens (including phenoxy) is 2. The number of rotatable bonds is 10. The number of carbonyl (C=O) groups is 2. The van der Waals surface area contributed by atoms with E-state index in [0.717, 1.165) is 12.0 Å². The monoisotopic (exact) mass is 463 g/mol. The number of halogens is 1. The van der Waals surface area contributed by atoms with Crippen molar-refractivity contribution >= 4 is 19.3 Å². The van der Waals surface area contributed by atoms with Crippen LogP contribution in [0.3, 0.4) is 0 Å². The van der Waals surface area contributed by atoms with E-state index in [2.05, 4.69) is 5.32 Å². The molecule has 0 aliphatic carbocycles. The van der Waals surface area contributed by atoms with E-state index in [1.54, 1.807) is 6.07 Å². The maximum absolute atomic E-state index is 14.0. The molecule has 0 radical (unpaired) electrons. The Labute approximate surface area is 186 Å². The molecule has 2 aromatic rings. The van der Waals surface area contributed by atoms with Crippen LogP contribution in [-0.4, -0.2) is 41.4 Å². The summed E-state index contributed by atoms with van der Waals surface area (Å²) >= 11 is 0. The summed E-state index contributed by atoms with van der Waals surface area (Å²) in [7, 11) is -3.80. The fraction of sp³-hybridized carbons (Fsp3) is 0.391. The fourth-order valence-corrected chi connectivity index (χ4v) is 4.91.